The predicted molar refractivity (Wildman–Crippen MR) is 149 cm³/mol. The summed E-state index contributed by atoms with van der Waals surface area (Å²) < 4.78 is 4.96. The van der Waals surface area contributed by atoms with E-state index in [1.807, 2.05) is 20.8 Å². The van der Waals surface area contributed by atoms with E-state index in [1.54, 1.807) is 61.5 Å². The van der Waals surface area contributed by atoms with E-state index in [-0.39, 0.29) is 24.6 Å². The molecule has 0 radical (unpaired) electrons. The van der Waals surface area contributed by atoms with Gasteiger partial charge >= 0.3 is 0 Å². The first-order valence-electron chi connectivity index (χ1n) is 12.3. The monoisotopic (exact) mass is 553 g/mol. The molecule has 39 heavy (non-hydrogen) atoms. The number of carbonyl (C=O) groups is 4. The van der Waals surface area contributed by atoms with Crippen molar-refractivity contribution in [2.24, 2.45) is 0 Å². The van der Waals surface area contributed by atoms with Gasteiger partial charge in [-0.3, -0.25) is 24.1 Å². The summed E-state index contributed by atoms with van der Waals surface area (Å²) in [6, 6.07) is 13.7. The van der Waals surface area contributed by atoms with Gasteiger partial charge in [0.2, 0.25) is 23.6 Å². The molecule has 10 nitrogen and oxygen atoms in total. The van der Waals surface area contributed by atoms with E-state index in [0.717, 1.165) is 0 Å². The molecule has 0 fully saturated rings. The summed E-state index contributed by atoms with van der Waals surface area (Å²) in [7, 11) is 0. The second-order valence-electron chi connectivity index (χ2n) is 10.0. The summed E-state index contributed by atoms with van der Waals surface area (Å²) in [5.74, 6) is -0.842. The van der Waals surface area contributed by atoms with Crippen LogP contribution in [0.5, 0.6) is 0 Å². The van der Waals surface area contributed by atoms with Gasteiger partial charge in [-0.15, -0.1) is 0 Å². The lowest BCUT2D eigenvalue weighted by atomic mass is 10.00. The molecular weight excluding hydrogens is 522 g/mol. The van der Waals surface area contributed by atoms with Gasteiger partial charge in [0.25, 0.3) is 0 Å². The zero-order valence-corrected chi connectivity index (χ0v) is 23.3. The highest BCUT2D eigenvalue weighted by Crippen LogP contribution is 2.34. The normalized spacial score (nSPS) is 11.8. The van der Waals surface area contributed by atoms with E-state index in [1.165, 1.54) is 11.8 Å². The van der Waals surface area contributed by atoms with Crippen LogP contribution in [0.1, 0.15) is 57.9 Å². The van der Waals surface area contributed by atoms with Crippen molar-refractivity contribution in [1.29, 1.82) is 0 Å². The van der Waals surface area contributed by atoms with Gasteiger partial charge < -0.3 is 20.5 Å². The average Bonchev–Trinajstić information content (AvgIpc) is 3.25. The van der Waals surface area contributed by atoms with Gasteiger partial charge in [-0.25, -0.2) is 0 Å². The molecule has 3 N–H and O–H groups in total. The van der Waals surface area contributed by atoms with Gasteiger partial charge in [0.1, 0.15) is 11.8 Å². The maximum atomic E-state index is 13.8. The SMILES string of the molecule is CC(=O)Nc1ccc(N(C(=O)CCC(=O)Nc2cc(C)on2)[C@H](C(=O)NC(C)(C)C)c2ccccc2Cl)cc1. The van der Waals surface area contributed by atoms with E-state index in [0.29, 0.717) is 27.7 Å². The summed E-state index contributed by atoms with van der Waals surface area (Å²) in [6.07, 6.45) is -0.374. The molecule has 3 aromatic rings. The Morgan fingerprint density at radius 2 is 1.67 bits per heavy atom. The molecule has 4 amide bonds. The number of hydrogen-bond acceptors (Lipinski definition) is 6. The van der Waals surface area contributed by atoms with Crippen molar-refractivity contribution in [2.75, 3.05) is 15.5 Å². The van der Waals surface area contributed by atoms with Crippen LogP contribution in [0.2, 0.25) is 5.02 Å². The van der Waals surface area contributed by atoms with E-state index in [9.17, 15) is 19.2 Å². The highest BCUT2D eigenvalue weighted by molar-refractivity contribution is 6.31. The molecule has 11 heteroatoms. The fourth-order valence-electron chi connectivity index (χ4n) is 3.85. The van der Waals surface area contributed by atoms with Crippen LogP contribution in [0.25, 0.3) is 0 Å². The fraction of sp³-hybridized carbons (Fsp3) is 0.321. The molecule has 1 atom stereocenters. The Labute approximate surface area is 232 Å². The van der Waals surface area contributed by atoms with Crippen LogP contribution >= 0.6 is 11.6 Å². The second-order valence-corrected chi connectivity index (χ2v) is 10.4. The number of hydrogen-bond donors (Lipinski definition) is 3. The minimum absolute atomic E-state index is 0.165. The molecular formula is C28H32ClN5O5. The van der Waals surface area contributed by atoms with Gasteiger partial charge in [0.05, 0.1) is 0 Å². The number of carbonyl (C=O) groups excluding carboxylic acids is 4. The lowest BCUT2D eigenvalue weighted by molar-refractivity contribution is -0.128. The Kier molecular flexibility index (Phi) is 9.47. The Bertz CT molecular complexity index is 1350. The summed E-state index contributed by atoms with van der Waals surface area (Å²) in [5, 5.41) is 12.2. The number of aryl methyl sites for hydroxylation is 1. The minimum Gasteiger partial charge on any atom is -0.360 e. The molecule has 206 valence electrons. The lowest BCUT2D eigenvalue weighted by Crippen LogP contribution is -2.49. The van der Waals surface area contributed by atoms with E-state index in [4.69, 9.17) is 16.1 Å². The highest BCUT2D eigenvalue weighted by Gasteiger charge is 2.35. The molecule has 3 rings (SSSR count). The number of halogens is 1. The lowest BCUT2D eigenvalue weighted by Gasteiger charge is -2.34. The maximum absolute atomic E-state index is 13.8. The Morgan fingerprint density at radius 3 is 2.23 bits per heavy atom. The first-order chi connectivity index (χ1) is 18.3. The van der Waals surface area contributed by atoms with Crippen LogP contribution < -0.4 is 20.9 Å². The first-order valence-corrected chi connectivity index (χ1v) is 12.7. The summed E-state index contributed by atoms with van der Waals surface area (Å²) in [4.78, 5) is 52.8. The number of benzene rings is 2. The zero-order chi connectivity index (χ0) is 28.7. The van der Waals surface area contributed by atoms with Gasteiger partial charge in [0.15, 0.2) is 5.82 Å². The Balaban J connectivity index is 1.99. The van der Waals surface area contributed by atoms with Crippen molar-refractivity contribution < 1.29 is 23.7 Å². The van der Waals surface area contributed by atoms with Gasteiger partial charge in [-0.1, -0.05) is 35.0 Å². The molecule has 0 saturated carbocycles. The Hall–Kier alpha value is -4.18. The minimum atomic E-state index is -1.14. The molecule has 0 aliphatic carbocycles. The van der Waals surface area contributed by atoms with Crippen molar-refractivity contribution in [3.8, 4) is 0 Å². The molecule has 1 aromatic heterocycles. The number of rotatable bonds is 9. The molecule has 0 aliphatic heterocycles. The summed E-state index contributed by atoms with van der Waals surface area (Å²) >= 11 is 6.53. The predicted octanol–water partition coefficient (Wildman–Crippen LogP) is 5.00. The quantitative estimate of drug-likeness (QED) is 0.341. The van der Waals surface area contributed by atoms with Crippen molar-refractivity contribution in [3.05, 3.63) is 70.9 Å². The van der Waals surface area contributed by atoms with Crippen LogP contribution in [-0.2, 0) is 19.2 Å². The average molecular weight is 554 g/mol. The number of nitrogens with one attached hydrogen (secondary N) is 3. The van der Waals surface area contributed by atoms with Crippen LogP contribution in [-0.4, -0.2) is 34.3 Å². The third-order valence-electron chi connectivity index (χ3n) is 5.40. The fourth-order valence-corrected chi connectivity index (χ4v) is 4.09. The van der Waals surface area contributed by atoms with Crippen molar-refractivity contribution in [3.63, 3.8) is 0 Å². The third-order valence-corrected chi connectivity index (χ3v) is 5.74. The van der Waals surface area contributed by atoms with Crippen LogP contribution in [0.3, 0.4) is 0 Å². The molecule has 2 aromatic carbocycles. The number of aromatic nitrogens is 1. The van der Waals surface area contributed by atoms with Gasteiger partial charge in [0, 0.05) is 53.3 Å². The van der Waals surface area contributed by atoms with E-state index in [2.05, 4.69) is 21.1 Å². The topological polar surface area (TPSA) is 134 Å². The van der Waals surface area contributed by atoms with Crippen LogP contribution in [0, 0.1) is 6.92 Å². The molecule has 0 unspecified atom stereocenters. The largest absolute Gasteiger partial charge is 0.360 e. The Morgan fingerprint density at radius 1 is 1.00 bits per heavy atom. The van der Waals surface area contributed by atoms with Crippen molar-refractivity contribution in [1.82, 2.24) is 10.5 Å². The standard InChI is InChI=1S/C28H32ClN5O5/c1-17-16-23(33-39-17)31-24(36)14-15-25(37)34(20-12-10-19(11-13-20)30-18(2)35)26(27(38)32-28(3,4)5)21-8-6-7-9-22(21)29/h6-13,16,26H,14-15H2,1-5H3,(H,30,35)(H,32,38)(H,31,33,36)/t26-/m0/s1. The molecule has 1 heterocycles. The van der Waals surface area contributed by atoms with Gasteiger partial charge in [-0.05, 0) is 58.0 Å². The number of amides is 4. The smallest absolute Gasteiger partial charge is 0.248 e. The number of nitrogens with zero attached hydrogens (tertiary/aromatic N) is 2. The summed E-state index contributed by atoms with van der Waals surface area (Å²) in [5.41, 5.74) is 0.726. The molecule has 0 bridgehead atoms. The first kappa shape index (κ1) is 29.4. The van der Waals surface area contributed by atoms with Gasteiger partial charge in [-0.2, -0.15) is 0 Å². The number of anilines is 3. The van der Waals surface area contributed by atoms with Crippen molar-refractivity contribution >= 4 is 52.4 Å². The molecule has 0 saturated heterocycles. The van der Waals surface area contributed by atoms with E-state index < -0.39 is 29.3 Å². The molecule has 0 aliphatic rings. The maximum Gasteiger partial charge on any atom is 0.248 e. The highest BCUT2D eigenvalue weighted by atomic mass is 35.5. The summed E-state index contributed by atoms with van der Waals surface area (Å²) in [6.45, 7) is 8.58. The second kappa shape index (κ2) is 12.6. The van der Waals surface area contributed by atoms with Crippen LogP contribution in [0.15, 0.2) is 59.1 Å². The van der Waals surface area contributed by atoms with Crippen LogP contribution in [0.4, 0.5) is 17.2 Å². The molecule has 0 spiro atoms. The van der Waals surface area contributed by atoms with Crippen molar-refractivity contribution in [2.45, 2.75) is 59.0 Å². The van der Waals surface area contributed by atoms with E-state index >= 15 is 0 Å². The zero-order valence-electron chi connectivity index (χ0n) is 22.5. The third kappa shape index (κ3) is 8.41.